The maximum Gasteiger partial charge on any atom is 0.186 e. The van der Waals surface area contributed by atoms with Crippen LogP contribution < -0.4 is 9.47 Å². The van der Waals surface area contributed by atoms with Crippen LogP contribution in [0.4, 0.5) is 0 Å². The van der Waals surface area contributed by atoms with E-state index in [2.05, 4.69) is 87.1 Å². The smallest absolute Gasteiger partial charge is 0.186 e. The highest BCUT2D eigenvalue weighted by Gasteiger charge is 2.68. The van der Waals surface area contributed by atoms with Crippen molar-refractivity contribution in [2.24, 2.45) is 39.9 Å². The largest absolute Gasteiger partial charge is 0.478 e. The van der Waals surface area contributed by atoms with Crippen molar-refractivity contribution in [2.45, 2.75) is 143 Å². The second kappa shape index (κ2) is 9.54. The molecule has 0 aromatic heterocycles. The molecule has 1 aromatic rings. The van der Waals surface area contributed by atoms with Gasteiger partial charge in [0.25, 0.3) is 0 Å². The van der Waals surface area contributed by atoms with Gasteiger partial charge in [-0.05, 0) is 123 Å². The molecule has 6 aliphatic carbocycles. The quantitative estimate of drug-likeness (QED) is 0.288. The first-order valence-electron chi connectivity index (χ1n) is 18.6. The molecule has 47 heavy (non-hydrogen) atoms. The van der Waals surface area contributed by atoms with Crippen molar-refractivity contribution in [3.05, 3.63) is 58.2 Å². The number of rotatable bonds is 1. The van der Waals surface area contributed by atoms with E-state index in [1.807, 2.05) is 0 Å². The minimum atomic E-state index is -0.543. The van der Waals surface area contributed by atoms with Gasteiger partial charge in [0.2, 0.25) is 0 Å². The lowest BCUT2D eigenvalue weighted by atomic mass is 9.35. The van der Waals surface area contributed by atoms with Gasteiger partial charge in [-0.25, -0.2) is 0 Å². The van der Waals surface area contributed by atoms with Crippen LogP contribution in [0.2, 0.25) is 0 Å². The Hall–Kier alpha value is -2.62. The number of hydrogen-bond acceptors (Lipinski definition) is 4. The minimum Gasteiger partial charge on any atom is -0.478 e. The summed E-state index contributed by atoms with van der Waals surface area (Å²) in [7, 11) is 0. The van der Waals surface area contributed by atoms with Crippen LogP contribution in [-0.2, 0) is 10.2 Å². The Morgan fingerprint density at radius 2 is 1.72 bits per heavy atom. The number of ketones is 2. The van der Waals surface area contributed by atoms with Crippen LogP contribution in [0.1, 0.15) is 141 Å². The number of allylic oxidation sites excluding steroid dienone is 3. The average molecular weight is 637 g/mol. The van der Waals surface area contributed by atoms with Crippen LogP contribution in [-0.4, -0.2) is 22.8 Å². The molecule has 1 aliphatic heterocycles. The molecule has 4 nitrogen and oxygen atoms in total. The third-order valence-electron chi connectivity index (χ3n) is 16.3. The van der Waals surface area contributed by atoms with Crippen molar-refractivity contribution >= 4 is 11.6 Å². The average Bonchev–Trinajstić information content (AvgIpc) is 3.22. The highest BCUT2D eigenvalue weighted by molar-refractivity contribution is 6.10. The van der Waals surface area contributed by atoms with Gasteiger partial charge in [0.15, 0.2) is 28.5 Å². The van der Waals surface area contributed by atoms with E-state index >= 15 is 0 Å². The maximum absolute atomic E-state index is 14.5. The standard InChI is InChI=1S/C43H56O4/c1-24(2)29-12-11-26(4)42-14-13-27(5)43(42,22-29)46-33-20-30-36(28(6)37(33)47-42)31(44)21-35-39(30,8)16-18-40(9)34-19-25(3)32(45)23-38(34,7)15-17-41(35,40)10/h13,20-21,25-26,29,34H,1,11-12,14-19,22-23H2,2-10H3/t25-,26?,29?,34?,38+,39+,40+,41-,42+,43+/m1/s1. The molecule has 252 valence electrons. The molecule has 1 aromatic carbocycles. The molecule has 0 amide bonds. The van der Waals surface area contributed by atoms with Crippen molar-refractivity contribution in [2.75, 3.05) is 0 Å². The topological polar surface area (TPSA) is 52.6 Å². The number of Topliss-reactive ketones (excluding diaryl/α,β-unsaturated/α-hetero) is 1. The summed E-state index contributed by atoms with van der Waals surface area (Å²) in [6.45, 7) is 25.1. The monoisotopic (exact) mass is 636 g/mol. The van der Waals surface area contributed by atoms with Gasteiger partial charge in [0, 0.05) is 47.6 Å². The van der Waals surface area contributed by atoms with E-state index < -0.39 is 11.2 Å². The summed E-state index contributed by atoms with van der Waals surface area (Å²) in [5.41, 5.74) is 5.36. The first kappa shape index (κ1) is 31.6. The van der Waals surface area contributed by atoms with E-state index in [9.17, 15) is 9.59 Å². The highest BCUT2D eigenvalue weighted by atomic mass is 16.6. The predicted octanol–water partition coefficient (Wildman–Crippen LogP) is 10.2. The Morgan fingerprint density at radius 1 is 0.979 bits per heavy atom. The highest BCUT2D eigenvalue weighted by Crippen LogP contribution is 2.74. The molecule has 0 saturated heterocycles. The molecule has 8 rings (SSSR count). The van der Waals surface area contributed by atoms with Gasteiger partial charge < -0.3 is 9.47 Å². The normalized spacial score (nSPS) is 46.4. The van der Waals surface area contributed by atoms with E-state index in [0.717, 1.165) is 86.0 Å². The number of carbonyl (C=O) groups excluding carboxylic acids is 2. The number of benzene rings is 1. The fraction of sp³-hybridized carbons (Fsp3) is 0.674. The fourth-order valence-corrected chi connectivity index (χ4v) is 12.9. The Labute approximate surface area is 282 Å². The third kappa shape index (κ3) is 3.66. The van der Waals surface area contributed by atoms with Gasteiger partial charge in [-0.15, -0.1) is 0 Å². The van der Waals surface area contributed by atoms with Crippen LogP contribution in [0.15, 0.2) is 41.5 Å². The van der Waals surface area contributed by atoms with Crippen LogP contribution in [0.3, 0.4) is 0 Å². The van der Waals surface area contributed by atoms with Crippen molar-refractivity contribution in [3.63, 3.8) is 0 Å². The molecule has 0 radical (unpaired) electrons. The van der Waals surface area contributed by atoms with E-state index in [1.165, 1.54) is 16.7 Å². The van der Waals surface area contributed by atoms with Gasteiger partial charge >= 0.3 is 0 Å². The molecule has 0 N–H and O–H groups in total. The zero-order valence-corrected chi connectivity index (χ0v) is 30.5. The lowest BCUT2D eigenvalue weighted by Gasteiger charge is -2.69. The molecule has 7 aliphatic rings. The number of fused-ring (bicyclic) bond motifs is 8. The molecule has 4 saturated carbocycles. The molecule has 10 atom stereocenters. The Balaban J connectivity index is 1.26. The van der Waals surface area contributed by atoms with Crippen molar-refractivity contribution in [1.29, 1.82) is 0 Å². The zero-order valence-electron chi connectivity index (χ0n) is 30.5. The van der Waals surface area contributed by atoms with Crippen LogP contribution >= 0.6 is 0 Å². The number of ether oxygens (including phenoxy) is 2. The van der Waals surface area contributed by atoms with Gasteiger partial charge in [0.05, 0.1) is 0 Å². The fourth-order valence-electron chi connectivity index (χ4n) is 12.9. The van der Waals surface area contributed by atoms with Crippen LogP contribution in [0, 0.1) is 46.8 Å². The predicted molar refractivity (Wildman–Crippen MR) is 187 cm³/mol. The van der Waals surface area contributed by atoms with Crippen LogP contribution in [0.25, 0.3) is 0 Å². The SMILES string of the molecule is C=C(C)C1CCC(C)[C@@]23CC=C(C)[C@]2(C1)Oc1cc2c(c(C)c1O3)C(=O)C=C1[C@@]2(C)CC[C@@]2(C)C3C[C@@H](C)C(=O)C[C@]3(C)CC[C@]12C. The van der Waals surface area contributed by atoms with E-state index in [4.69, 9.17) is 9.47 Å². The molecule has 0 bridgehead atoms. The maximum atomic E-state index is 14.5. The second-order valence-corrected chi connectivity index (χ2v) is 18.5. The summed E-state index contributed by atoms with van der Waals surface area (Å²) in [6, 6.07) is 2.23. The van der Waals surface area contributed by atoms with E-state index in [1.54, 1.807) is 0 Å². The molecular weight excluding hydrogens is 580 g/mol. The summed E-state index contributed by atoms with van der Waals surface area (Å²) < 4.78 is 14.8. The van der Waals surface area contributed by atoms with Gasteiger partial charge in [-0.3, -0.25) is 9.59 Å². The summed E-state index contributed by atoms with van der Waals surface area (Å²) in [4.78, 5) is 27.5. The molecule has 4 heteroatoms. The molecular formula is C43H56O4. The molecule has 3 unspecified atom stereocenters. The first-order chi connectivity index (χ1) is 22.0. The number of carbonyl (C=O) groups is 2. The summed E-state index contributed by atoms with van der Waals surface area (Å²) >= 11 is 0. The molecule has 0 spiro atoms. The molecule has 4 fully saturated rings. The van der Waals surface area contributed by atoms with E-state index in [-0.39, 0.29) is 33.4 Å². The van der Waals surface area contributed by atoms with Crippen molar-refractivity contribution in [3.8, 4) is 11.5 Å². The number of hydrogen-bond donors (Lipinski definition) is 0. The third-order valence-corrected chi connectivity index (χ3v) is 16.3. The zero-order chi connectivity index (χ0) is 33.7. The summed E-state index contributed by atoms with van der Waals surface area (Å²) in [5.74, 6) is 3.41. The van der Waals surface area contributed by atoms with Crippen molar-refractivity contribution < 1.29 is 19.1 Å². The Kier molecular flexibility index (Phi) is 6.42. The summed E-state index contributed by atoms with van der Waals surface area (Å²) in [6.07, 6.45) is 14.1. The molecule has 1 heterocycles. The lowest BCUT2D eigenvalue weighted by molar-refractivity contribution is -0.160. The van der Waals surface area contributed by atoms with Crippen LogP contribution in [0.5, 0.6) is 11.5 Å². The van der Waals surface area contributed by atoms with Gasteiger partial charge in [-0.1, -0.05) is 59.8 Å². The second-order valence-electron chi connectivity index (χ2n) is 18.5. The van der Waals surface area contributed by atoms with Gasteiger partial charge in [-0.2, -0.15) is 0 Å². The minimum absolute atomic E-state index is 0.0271. The van der Waals surface area contributed by atoms with E-state index in [0.29, 0.717) is 30.0 Å². The Morgan fingerprint density at radius 3 is 2.45 bits per heavy atom. The first-order valence-corrected chi connectivity index (χ1v) is 18.6. The summed E-state index contributed by atoms with van der Waals surface area (Å²) in [5, 5.41) is 0. The van der Waals surface area contributed by atoms with Crippen molar-refractivity contribution in [1.82, 2.24) is 0 Å². The van der Waals surface area contributed by atoms with Gasteiger partial charge in [0.1, 0.15) is 5.78 Å². The Bertz CT molecular complexity index is 1710. The lowest BCUT2D eigenvalue weighted by Crippen LogP contribution is -2.64.